The quantitative estimate of drug-likeness (QED) is 0.422. The molecule has 8 nitrogen and oxygen atoms in total. The van der Waals surface area contributed by atoms with E-state index in [-0.39, 0.29) is 29.0 Å². The largest absolute Gasteiger partial charge is 0.490 e. The third kappa shape index (κ3) is 6.27. The van der Waals surface area contributed by atoms with Gasteiger partial charge >= 0.3 is 0 Å². The van der Waals surface area contributed by atoms with Gasteiger partial charge in [0.1, 0.15) is 23.6 Å². The maximum atomic E-state index is 15.4. The lowest BCUT2D eigenvalue weighted by Crippen LogP contribution is -2.41. The van der Waals surface area contributed by atoms with Gasteiger partial charge in [-0.3, -0.25) is 9.78 Å². The fourth-order valence-corrected chi connectivity index (χ4v) is 5.23. The molecular weight excluding hydrogens is 504 g/mol. The van der Waals surface area contributed by atoms with Crippen LogP contribution >= 0.6 is 0 Å². The number of amides is 1. The third-order valence-corrected chi connectivity index (χ3v) is 7.13. The van der Waals surface area contributed by atoms with Gasteiger partial charge in [0.2, 0.25) is 0 Å². The van der Waals surface area contributed by atoms with Gasteiger partial charge in [-0.2, -0.15) is 0 Å². The molecule has 1 amide bonds. The molecule has 0 aliphatic carbocycles. The van der Waals surface area contributed by atoms with Gasteiger partial charge in [0, 0.05) is 12.1 Å². The average molecular weight is 538 g/mol. The van der Waals surface area contributed by atoms with Crippen LogP contribution in [0.2, 0.25) is 0 Å². The van der Waals surface area contributed by atoms with E-state index < -0.39 is 17.5 Å². The molecular formula is C29H33F2N5O3. The molecule has 3 heterocycles. The van der Waals surface area contributed by atoms with E-state index in [2.05, 4.69) is 20.6 Å². The van der Waals surface area contributed by atoms with Crippen molar-refractivity contribution in [3.8, 4) is 11.5 Å². The molecule has 1 unspecified atom stereocenters. The van der Waals surface area contributed by atoms with Crippen molar-refractivity contribution in [2.75, 3.05) is 43.0 Å². The lowest BCUT2D eigenvalue weighted by atomic mass is 9.88. The van der Waals surface area contributed by atoms with Gasteiger partial charge in [0.05, 0.1) is 31.1 Å². The van der Waals surface area contributed by atoms with E-state index in [4.69, 9.17) is 9.47 Å². The van der Waals surface area contributed by atoms with Crippen LogP contribution in [-0.4, -0.2) is 54.8 Å². The Balaban J connectivity index is 1.28. The van der Waals surface area contributed by atoms with E-state index in [1.807, 2.05) is 36.1 Å². The summed E-state index contributed by atoms with van der Waals surface area (Å²) in [6.45, 7) is 5.19. The molecule has 2 aromatic carbocycles. The maximum Gasteiger partial charge on any atom is 0.259 e. The standard InChI is InChI=1S/C29H33F2N5O3/c1-2-38-23-7-3-4-8-24(23)39-20-6-5-15-36(18-20)26-17-33-16-25(34-26)35-29(37)21-9-10-22(30)27(28(21)31)19-11-13-32-14-12-19/h3-4,7-10,16-17,19-20,32H,2,5-6,11-15,18H2,1H3,(H,34,35,37). The van der Waals surface area contributed by atoms with E-state index in [0.29, 0.717) is 56.4 Å². The number of hydrogen-bond donors (Lipinski definition) is 2. The highest BCUT2D eigenvalue weighted by molar-refractivity contribution is 6.04. The lowest BCUT2D eigenvalue weighted by molar-refractivity contribution is 0.102. The van der Waals surface area contributed by atoms with Gasteiger partial charge in [0.25, 0.3) is 5.91 Å². The number of benzene rings is 2. The number of carbonyl (C=O) groups is 1. The van der Waals surface area contributed by atoms with Crippen molar-refractivity contribution >= 4 is 17.5 Å². The molecule has 39 heavy (non-hydrogen) atoms. The summed E-state index contributed by atoms with van der Waals surface area (Å²) >= 11 is 0. The Hall–Kier alpha value is -3.79. The van der Waals surface area contributed by atoms with E-state index >= 15 is 4.39 Å². The second-order valence-electron chi connectivity index (χ2n) is 9.77. The van der Waals surface area contributed by atoms with Crippen LogP contribution in [0.25, 0.3) is 0 Å². The number of ether oxygens (including phenoxy) is 2. The number of aromatic nitrogens is 2. The zero-order valence-electron chi connectivity index (χ0n) is 22.0. The Kier molecular flexibility index (Phi) is 8.51. The number of para-hydroxylation sites is 2. The number of nitrogens with one attached hydrogen (secondary N) is 2. The van der Waals surface area contributed by atoms with Crippen LogP contribution in [0.1, 0.15) is 54.4 Å². The van der Waals surface area contributed by atoms with Crippen molar-refractivity contribution in [1.29, 1.82) is 0 Å². The summed E-state index contributed by atoms with van der Waals surface area (Å²) in [7, 11) is 0. The van der Waals surface area contributed by atoms with E-state index in [1.165, 1.54) is 12.3 Å². The first kappa shape index (κ1) is 26.8. The minimum atomic E-state index is -0.813. The van der Waals surface area contributed by atoms with Crippen LogP contribution in [-0.2, 0) is 0 Å². The van der Waals surface area contributed by atoms with E-state index in [1.54, 1.807) is 6.20 Å². The van der Waals surface area contributed by atoms with Gasteiger partial charge in [-0.05, 0) is 75.9 Å². The minimum Gasteiger partial charge on any atom is -0.490 e. The van der Waals surface area contributed by atoms with Crippen molar-refractivity contribution < 1.29 is 23.0 Å². The first-order chi connectivity index (χ1) is 19.0. The predicted octanol–water partition coefficient (Wildman–Crippen LogP) is 4.92. The smallest absolute Gasteiger partial charge is 0.259 e. The van der Waals surface area contributed by atoms with E-state index in [9.17, 15) is 9.18 Å². The average Bonchev–Trinajstić information content (AvgIpc) is 2.95. The van der Waals surface area contributed by atoms with Gasteiger partial charge < -0.3 is 25.0 Å². The number of halogens is 2. The highest BCUT2D eigenvalue weighted by Gasteiger charge is 2.27. The van der Waals surface area contributed by atoms with Crippen molar-refractivity contribution in [1.82, 2.24) is 15.3 Å². The Morgan fingerprint density at radius 1 is 1.10 bits per heavy atom. The molecule has 3 aromatic rings. The summed E-state index contributed by atoms with van der Waals surface area (Å²) in [5.41, 5.74) is -0.231. The summed E-state index contributed by atoms with van der Waals surface area (Å²) in [6.07, 6.45) is 5.95. The van der Waals surface area contributed by atoms with Gasteiger partial charge in [-0.25, -0.2) is 13.8 Å². The molecule has 0 spiro atoms. The molecule has 2 aliphatic rings. The van der Waals surface area contributed by atoms with Crippen molar-refractivity contribution in [3.63, 3.8) is 0 Å². The summed E-state index contributed by atoms with van der Waals surface area (Å²) in [6, 6.07) is 9.94. The third-order valence-electron chi connectivity index (χ3n) is 7.13. The molecule has 1 atom stereocenters. The highest BCUT2D eigenvalue weighted by atomic mass is 19.1. The number of carbonyl (C=O) groups excluding carboxylic acids is 1. The Bertz CT molecular complexity index is 1300. The number of anilines is 2. The Morgan fingerprint density at radius 2 is 1.90 bits per heavy atom. The fourth-order valence-electron chi connectivity index (χ4n) is 5.23. The van der Waals surface area contributed by atoms with Crippen LogP contribution < -0.4 is 25.0 Å². The van der Waals surface area contributed by atoms with Crippen molar-refractivity contribution in [3.05, 3.63) is 71.6 Å². The molecule has 2 N–H and O–H groups in total. The molecule has 2 fully saturated rings. The van der Waals surface area contributed by atoms with Crippen molar-refractivity contribution in [2.45, 2.75) is 44.6 Å². The minimum absolute atomic E-state index is 0.0192. The highest BCUT2D eigenvalue weighted by Crippen LogP contribution is 2.32. The van der Waals surface area contributed by atoms with Gasteiger partial charge in [-0.1, -0.05) is 12.1 Å². The first-order valence-electron chi connectivity index (χ1n) is 13.5. The van der Waals surface area contributed by atoms with Crippen LogP contribution in [0.15, 0.2) is 48.8 Å². The van der Waals surface area contributed by atoms with Crippen LogP contribution in [0.5, 0.6) is 11.5 Å². The van der Waals surface area contributed by atoms with Gasteiger partial charge in [0.15, 0.2) is 17.3 Å². The van der Waals surface area contributed by atoms with E-state index in [0.717, 1.165) is 25.5 Å². The maximum absolute atomic E-state index is 15.4. The SMILES string of the molecule is CCOc1ccccc1OC1CCCN(c2cncc(NC(=O)c3ccc(F)c(C4CCNCC4)c3F)n2)C1. The molecule has 2 aliphatic heterocycles. The zero-order chi connectivity index (χ0) is 27.2. The number of piperidine rings is 2. The first-order valence-corrected chi connectivity index (χ1v) is 13.5. The number of nitrogens with zero attached hydrogens (tertiary/aromatic N) is 3. The summed E-state index contributed by atoms with van der Waals surface area (Å²) < 4.78 is 41.9. The van der Waals surface area contributed by atoms with Crippen molar-refractivity contribution in [2.24, 2.45) is 0 Å². The lowest BCUT2D eigenvalue weighted by Gasteiger charge is -2.33. The summed E-state index contributed by atoms with van der Waals surface area (Å²) in [5.74, 6) is -0.223. The summed E-state index contributed by atoms with van der Waals surface area (Å²) in [4.78, 5) is 23.9. The molecule has 0 radical (unpaired) electrons. The predicted molar refractivity (Wildman–Crippen MR) is 145 cm³/mol. The number of rotatable bonds is 8. The molecule has 10 heteroatoms. The number of hydrogen-bond acceptors (Lipinski definition) is 7. The fraction of sp³-hybridized carbons (Fsp3) is 0.414. The molecule has 206 valence electrons. The Morgan fingerprint density at radius 3 is 2.69 bits per heavy atom. The molecule has 5 rings (SSSR count). The second-order valence-corrected chi connectivity index (χ2v) is 9.77. The second kappa shape index (κ2) is 12.4. The topological polar surface area (TPSA) is 88.6 Å². The Labute approximate surface area is 226 Å². The normalized spacial score (nSPS) is 18.0. The van der Waals surface area contributed by atoms with Crippen LogP contribution in [0.3, 0.4) is 0 Å². The van der Waals surface area contributed by atoms with Crippen LogP contribution in [0.4, 0.5) is 20.4 Å². The molecule has 0 bridgehead atoms. The molecule has 0 saturated carbocycles. The van der Waals surface area contributed by atoms with Gasteiger partial charge in [-0.15, -0.1) is 0 Å². The zero-order valence-corrected chi connectivity index (χ0v) is 22.0. The monoisotopic (exact) mass is 537 g/mol. The summed E-state index contributed by atoms with van der Waals surface area (Å²) in [5, 5.41) is 5.83. The molecule has 2 saturated heterocycles. The van der Waals surface area contributed by atoms with Crippen LogP contribution in [0, 0.1) is 11.6 Å². The molecule has 1 aromatic heterocycles.